The first-order valence-corrected chi connectivity index (χ1v) is 5.25. The molecule has 94 valence electrons. The normalized spacial score (nSPS) is 10.4. The van der Waals surface area contributed by atoms with Gasteiger partial charge in [-0.05, 0) is 36.8 Å². The highest BCUT2D eigenvalue weighted by Gasteiger charge is 2.13. The number of nitrogens with two attached hydrogens (primary N) is 1. The van der Waals surface area contributed by atoms with Crippen molar-refractivity contribution in [1.29, 1.82) is 0 Å². The topological polar surface area (TPSA) is 38.0 Å². The minimum absolute atomic E-state index is 0.0533. The number of aryl methyl sites for hydroxylation is 1. The molecular weight excluding hydrogens is 241 g/mol. The SMILES string of the molecule is Cc1ccc(F)cc1Nc1c(N)ccc(F)c1F. The van der Waals surface area contributed by atoms with E-state index in [1.54, 1.807) is 6.92 Å². The highest BCUT2D eigenvalue weighted by atomic mass is 19.2. The zero-order valence-corrected chi connectivity index (χ0v) is 9.60. The average Bonchev–Trinajstić information content (AvgIpc) is 2.34. The summed E-state index contributed by atoms with van der Waals surface area (Å²) in [6.45, 7) is 1.72. The minimum Gasteiger partial charge on any atom is -0.397 e. The van der Waals surface area contributed by atoms with Gasteiger partial charge in [-0.15, -0.1) is 0 Å². The summed E-state index contributed by atoms with van der Waals surface area (Å²) in [7, 11) is 0. The van der Waals surface area contributed by atoms with Gasteiger partial charge in [-0.2, -0.15) is 0 Å². The molecule has 0 saturated heterocycles. The van der Waals surface area contributed by atoms with Crippen molar-refractivity contribution in [3.8, 4) is 0 Å². The van der Waals surface area contributed by atoms with E-state index in [0.29, 0.717) is 11.3 Å². The van der Waals surface area contributed by atoms with E-state index in [1.807, 2.05) is 0 Å². The van der Waals surface area contributed by atoms with Gasteiger partial charge in [-0.25, -0.2) is 13.2 Å². The van der Waals surface area contributed by atoms with Crippen molar-refractivity contribution in [2.45, 2.75) is 6.92 Å². The summed E-state index contributed by atoms with van der Waals surface area (Å²) in [6.07, 6.45) is 0. The van der Waals surface area contributed by atoms with Crippen LogP contribution in [0.15, 0.2) is 30.3 Å². The van der Waals surface area contributed by atoms with Crippen LogP contribution in [0.25, 0.3) is 0 Å². The monoisotopic (exact) mass is 252 g/mol. The molecule has 5 heteroatoms. The number of nitrogens with one attached hydrogen (secondary N) is 1. The third-order valence-electron chi connectivity index (χ3n) is 2.59. The van der Waals surface area contributed by atoms with Crippen LogP contribution < -0.4 is 11.1 Å². The van der Waals surface area contributed by atoms with E-state index in [-0.39, 0.29) is 11.4 Å². The number of anilines is 3. The lowest BCUT2D eigenvalue weighted by Crippen LogP contribution is -2.02. The molecule has 3 N–H and O–H groups in total. The largest absolute Gasteiger partial charge is 0.397 e. The lowest BCUT2D eigenvalue weighted by atomic mass is 10.1. The van der Waals surface area contributed by atoms with Crippen LogP contribution in [0.4, 0.5) is 30.2 Å². The molecule has 0 spiro atoms. The second-order valence-corrected chi connectivity index (χ2v) is 3.91. The Labute approximate surface area is 102 Å². The van der Waals surface area contributed by atoms with E-state index in [4.69, 9.17) is 5.73 Å². The summed E-state index contributed by atoms with van der Waals surface area (Å²) < 4.78 is 39.8. The van der Waals surface area contributed by atoms with Gasteiger partial charge in [0.1, 0.15) is 11.5 Å². The average molecular weight is 252 g/mol. The van der Waals surface area contributed by atoms with Crippen LogP contribution in [0.5, 0.6) is 0 Å². The Balaban J connectivity index is 2.46. The van der Waals surface area contributed by atoms with Gasteiger partial charge in [-0.3, -0.25) is 0 Å². The molecule has 0 aliphatic heterocycles. The highest BCUT2D eigenvalue weighted by molar-refractivity contribution is 5.74. The molecule has 2 nitrogen and oxygen atoms in total. The van der Waals surface area contributed by atoms with Crippen LogP contribution in [0, 0.1) is 24.4 Å². The van der Waals surface area contributed by atoms with E-state index >= 15 is 0 Å². The molecule has 0 unspecified atom stereocenters. The van der Waals surface area contributed by atoms with Crippen molar-refractivity contribution in [2.75, 3.05) is 11.1 Å². The highest BCUT2D eigenvalue weighted by Crippen LogP contribution is 2.29. The Hall–Kier alpha value is -2.17. The zero-order valence-electron chi connectivity index (χ0n) is 9.60. The van der Waals surface area contributed by atoms with Crippen molar-refractivity contribution in [2.24, 2.45) is 0 Å². The quantitative estimate of drug-likeness (QED) is 0.799. The first kappa shape index (κ1) is 12.3. The molecule has 0 heterocycles. The maximum atomic E-state index is 13.6. The van der Waals surface area contributed by atoms with Crippen LogP contribution in [-0.4, -0.2) is 0 Å². The van der Waals surface area contributed by atoms with E-state index in [1.165, 1.54) is 24.3 Å². The van der Waals surface area contributed by atoms with Crippen LogP contribution >= 0.6 is 0 Å². The third-order valence-corrected chi connectivity index (χ3v) is 2.59. The molecule has 18 heavy (non-hydrogen) atoms. The predicted octanol–water partition coefficient (Wildman–Crippen LogP) is 3.74. The van der Waals surface area contributed by atoms with Gasteiger partial charge < -0.3 is 11.1 Å². The fourth-order valence-electron chi connectivity index (χ4n) is 1.56. The van der Waals surface area contributed by atoms with Gasteiger partial charge in [0, 0.05) is 5.69 Å². The fraction of sp³-hybridized carbons (Fsp3) is 0.0769. The number of hydrogen-bond acceptors (Lipinski definition) is 2. The Morgan fingerprint density at radius 2 is 1.78 bits per heavy atom. The lowest BCUT2D eigenvalue weighted by molar-refractivity contribution is 0.512. The molecule has 2 rings (SSSR count). The summed E-state index contributed by atoms with van der Waals surface area (Å²) in [5.74, 6) is -2.57. The maximum absolute atomic E-state index is 13.6. The van der Waals surface area contributed by atoms with Crippen LogP contribution in [-0.2, 0) is 0 Å². The van der Waals surface area contributed by atoms with Crippen molar-refractivity contribution < 1.29 is 13.2 Å². The molecule has 0 saturated carbocycles. The molecule has 0 bridgehead atoms. The van der Waals surface area contributed by atoms with Gasteiger partial charge in [0.05, 0.1) is 5.69 Å². The Kier molecular flexibility index (Phi) is 3.14. The molecule has 0 amide bonds. The van der Waals surface area contributed by atoms with Crippen molar-refractivity contribution in [3.63, 3.8) is 0 Å². The van der Waals surface area contributed by atoms with Gasteiger partial charge in [0.2, 0.25) is 0 Å². The van der Waals surface area contributed by atoms with Gasteiger partial charge in [-0.1, -0.05) is 6.07 Å². The molecule has 0 fully saturated rings. The molecule has 2 aromatic rings. The number of benzene rings is 2. The molecule has 2 aromatic carbocycles. The zero-order chi connectivity index (χ0) is 13.3. The van der Waals surface area contributed by atoms with Crippen molar-refractivity contribution >= 4 is 17.1 Å². The number of nitrogen functional groups attached to an aromatic ring is 1. The molecule has 0 aliphatic rings. The molecule has 0 aromatic heterocycles. The number of rotatable bonds is 2. The summed E-state index contributed by atoms with van der Waals surface area (Å²) in [5, 5.41) is 2.61. The van der Waals surface area contributed by atoms with Crippen molar-refractivity contribution in [1.82, 2.24) is 0 Å². The molecule has 0 atom stereocenters. The lowest BCUT2D eigenvalue weighted by Gasteiger charge is -2.13. The van der Waals surface area contributed by atoms with E-state index in [9.17, 15) is 13.2 Å². The summed E-state index contributed by atoms with van der Waals surface area (Å²) >= 11 is 0. The minimum atomic E-state index is -1.08. The fourth-order valence-corrected chi connectivity index (χ4v) is 1.56. The predicted molar refractivity (Wildman–Crippen MR) is 65.2 cm³/mol. The van der Waals surface area contributed by atoms with Crippen LogP contribution in [0.3, 0.4) is 0 Å². The molecular formula is C13H11F3N2. The first-order chi connectivity index (χ1) is 8.49. The van der Waals surface area contributed by atoms with E-state index in [0.717, 1.165) is 6.07 Å². The smallest absolute Gasteiger partial charge is 0.184 e. The first-order valence-electron chi connectivity index (χ1n) is 5.25. The second-order valence-electron chi connectivity index (χ2n) is 3.91. The van der Waals surface area contributed by atoms with Gasteiger partial charge in [0.15, 0.2) is 11.6 Å². The maximum Gasteiger partial charge on any atom is 0.184 e. The van der Waals surface area contributed by atoms with Crippen LogP contribution in [0.2, 0.25) is 0 Å². The standard InChI is InChI=1S/C13H11F3N2/c1-7-2-3-8(14)6-11(7)18-13-10(17)5-4-9(15)12(13)16/h2-6,18H,17H2,1H3. The van der Waals surface area contributed by atoms with E-state index in [2.05, 4.69) is 5.32 Å². The summed E-state index contributed by atoms with van der Waals surface area (Å²) in [4.78, 5) is 0. The van der Waals surface area contributed by atoms with E-state index < -0.39 is 17.5 Å². The Morgan fingerprint density at radius 3 is 2.50 bits per heavy atom. The number of hydrogen-bond donors (Lipinski definition) is 2. The van der Waals surface area contributed by atoms with Gasteiger partial charge >= 0.3 is 0 Å². The Bertz CT molecular complexity index is 597. The van der Waals surface area contributed by atoms with Gasteiger partial charge in [0.25, 0.3) is 0 Å². The third kappa shape index (κ3) is 2.25. The molecule has 0 aliphatic carbocycles. The molecule has 0 radical (unpaired) electrons. The van der Waals surface area contributed by atoms with Crippen LogP contribution in [0.1, 0.15) is 5.56 Å². The second kappa shape index (κ2) is 4.60. The summed E-state index contributed by atoms with van der Waals surface area (Å²) in [5.41, 5.74) is 6.46. The van der Waals surface area contributed by atoms with Crippen molar-refractivity contribution in [3.05, 3.63) is 53.3 Å². The summed E-state index contributed by atoms with van der Waals surface area (Å²) in [6, 6.07) is 6.19. The number of halogens is 3. The Morgan fingerprint density at radius 1 is 1.06 bits per heavy atom.